The number of hydrogen-bond acceptors (Lipinski definition) is 2. The highest BCUT2D eigenvalue weighted by Gasteiger charge is 2.26. The van der Waals surface area contributed by atoms with Gasteiger partial charge in [0.15, 0.2) is 0 Å². The predicted octanol–water partition coefficient (Wildman–Crippen LogP) is 4.43. The summed E-state index contributed by atoms with van der Waals surface area (Å²) in [5.74, 6) is 0. The van der Waals surface area contributed by atoms with Crippen LogP contribution in [-0.4, -0.2) is 11.5 Å². The molecule has 1 atom stereocenters. The van der Waals surface area contributed by atoms with E-state index in [0.717, 1.165) is 18.0 Å². The number of rotatable bonds is 1. The molecule has 1 aliphatic heterocycles. The monoisotopic (exact) mass is 302 g/mol. The van der Waals surface area contributed by atoms with Crippen molar-refractivity contribution in [3.63, 3.8) is 0 Å². The molecule has 1 aromatic carbocycles. The first-order valence-electron chi connectivity index (χ1n) is 6.82. The molecule has 2 N–H and O–H groups in total. The number of halogens is 1. The largest absolute Gasteiger partial charge is 0.357 e. The molecule has 0 spiro atoms. The van der Waals surface area contributed by atoms with Crippen LogP contribution in [0.5, 0.6) is 0 Å². The van der Waals surface area contributed by atoms with Crippen LogP contribution in [0.2, 0.25) is 5.02 Å². The van der Waals surface area contributed by atoms with E-state index in [1.807, 2.05) is 17.4 Å². The van der Waals surface area contributed by atoms with Crippen molar-refractivity contribution in [3.05, 3.63) is 56.4 Å². The Morgan fingerprint density at radius 2 is 2.15 bits per heavy atom. The fraction of sp³-hybridized carbons (Fsp3) is 0.250. The number of thiophene rings is 1. The van der Waals surface area contributed by atoms with Gasteiger partial charge in [-0.05, 0) is 49.2 Å². The highest BCUT2D eigenvalue weighted by atomic mass is 35.5. The van der Waals surface area contributed by atoms with Gasteiger partial charge in [0.25, 0.3) is 0 Å². The minimum Gasteiger partial charge on any atom is -0.357 e. The quantitative estimate of drug-likeness (QED) is 0.684. The van der Waals surface area contributed by atoms with Crippen LogP contribution in [0.25, 0.3) is 10.9 Å². The third kappa shape index (κ3) is 1.89. The molecular weight excluding hydrogens is 288 g/mol. The zero-order valence-electron chi connectivity index (χ0n) is 11.2. The molecule has 0 bridgehead atoms. The Labute approximate surface area is 126 Å². The van der Waals surface area contributed by atoms with Crippen molar-refractivity contribution in [2.24, 2.45) is 0 Å². The van der Waals surface area contributed by atoms with Crippen LogP contribution in [0.15, 0.2) is 30.3 Å². The number of aromatic amines is 1. The Balaban J connectivity index is 1.90. The summed E-state index contributed by atoms with van der Waals surface area (Å²) < 4.78 is 0. The van der Waals surface area contributed by atoms with Crippen LogP contribution in [0.4, 0.5) is 0 Å². The number of aryl methyl sites for hydroxylation is 1. The number of aromatic nitrogens is 1. The molecule has 2 nitrogen and oxygen atoms in total. The molecule has 3 heterocycles. The van der Waals surface area contributed by atoms with E-state index in [-0.39, 0.29) is 6.04 Å². The molecule has 3 aromatic rings. The SMILES string of the molecule is Cc1ccc(C2NCCc3c2[nH]c2ccc(Cl)cc32)s1. The van der Waals surface area contributed by atoms with Crippen molar-refractivity contribution in [2.45, 2.75) is 19.4 Å². The molecule has 0 saturated carbocycles. The highest BCUT2D eigenvalue weighted by Crippen LogP contribution is 2.36. The molecule has 0 amide bonds. The summed E-state index contributed by atoms with van der Waals surface area (Å²) in [6.45, 7) is 3.16. The molecule has 20 heavy (non-hydrogen) atoms. The van der Waals surface area contributed by atoms with E-state index in [0.29, 0.717) is 0 Å². The van der Waals surface area contributed by atoms with Crippen LogP contribution in [0, 0.1) is 6.92 Å². The third-order valence-corrected chi connectivity index (χ3v) is 5.26. The van der Waals surface area contributed by atoms with Crippen molar-refractivity contribution >= 4 is 33.8 Å². The lowest BCUT2D eigenvalue weighted by molar-refractivity contribution is 0.567. The van der Waals surface area contributed by atoms with Gasteiger partial charge in [0, 0.05) is 37.9 Å². The molecule has 4 rings (SSSR count). The van der Waals surface area contributed by atoms with Gasteiger partial charge in [0.05, 0.1) is 6.04 Å². The van der Waals surface area contributed by atoms with Crippen molar-refractivity contribution in [1.82, 2.24) is 10.3 Å². The second kappa shape index (κ2) is 4.62. The molecule has 2 aromatic heterocycles. The van der Waals surface area contributed by atoms with Crippen molar-refractivity contribution in [2.75, 3.05) is 6.54 Å². The van der Waals surface area contributed by atoms with Gasteiger partial charge >= 0.3 is 0 Å². The van der Waals surface area contributed by atoms with E-state index < -0.39 is 0 Å². The van der Waals surface area contributed by atoms with Crippen molar-refractivity contribution < 1.29 is 0 Å². The molecule has 4 heteroatoms. The third-order valence-electron chi connectivity index (χ3n) is 3.96. The standard InChI is InChI=1S/C16H15ClN2S/c1-9-2-5-14(20-9)16-15-11(6-7-18-16)12-8-10(17)3-4-13(12)19-15/h2-5,8,16,18-19H,6-7H2,1H3. The van der Waals surface area contributed by atoms with Crippen molar-refractivity contribution in [1.29, 1.82) is 0 Å². The van der Waals surface area contributed by atoms with Gasteiger partial charge in [-0.15, -0.1) is 11.3 Å². The fourth-order valence-electron chi connectivity index (χ4n) is 3.05. The van der Waals surface area contributed by atoms with Gasteiger partial charge in [-0.2, -0.15) is 0 Å². The zero-order valence-corrected chi connectivity index (χ0v) is 12.7. The van der Waals surface area contributed by atoms with Crippen LogP contribution in [-0.2, 0) is 6.42 Å². The fourth-order valence-corrected chi connectivity index (χ4v) is 4.19. The maximum absolute atomic E-state index is 6.15. The van der Waals surface area contributed by atoms with Gasteiger partial charge in [-0.3, -0.25) is 0 Å². The van der Waals surface area contributed by atoms with Gasteiger partial charge < -0.3 is 10.3 Å². The lowest BCUT2D eigenvalue weighted by Crippen LogP contribution is -2.29. The summed E-state index contributed by atoms with van der Waals surface area (Å²) in [4.78, 5) is 6.32. The van der Waals surface area contributed by atoms with Crippen LogP contribution in [0.1, 0.15) is 27.1 Å². The van der Waals surface area contributed by atoms with Gasteiger partial charge in [0.1, 0.15) is 0 Å². The molecule has 1 aliphatic rings. The van der Waals surface area contributed by atoms with E-state index in [1.54, 1.807) is 0 Å². The van der Waals surface area contributed by atoms with Gasteiger partial charge in [-0.25, -0.2) is 0 Å². The number of fused-ring (bicyclic) bond motifs is 3. The summed E-state index contributed by atoms with van der Waals surface area (Å²) in [7, 11) is 0. The molecule has 0 saturated heterocycles. The lowest BCUT2D eigenvalue weighted by atomic mass is 9.98. The van der Waals surface area contributed by atoms with E-state index in [2.05, 4.69) is 41.5 Å². The second-order valence-corrected chi connectivity index (χ2v) is 7.05. The minimum atomic E-state index is 0.281. The first-order chi connectivity index (χ1) is 9.72. The summed E-state index contributed by atoms with van der Waals surface area (Å²) in [5.41, 5.74) is 3.90. The molecular formula is C16H15ClN2S. The van der Waals surface area contributed by atoms with Crippen LogP contribution >= 0.6 is 22.9 Å². The Bertz CT molecular complexity index is 787. The lowest BCUT2D eigenvalue weighted by Gasteiger charge is -2.23. The topological polar surface area (TPSA) is 27.8 Å². The number of benzene rings is 1. The first-order valence-corrected chi connectivity index (χ1v) is 8.01. The average molecular weight is 303 g/mol. The summed E-state index contributed by atoms with van der Waals surface area (Å²) >= 11 is 8.01. The van der Waals surface area contributed by atoms with Gasteiger partial charge in [0.2, 0.25) is 0 Å². The minimum absolute atomic E-state index is 0.281. The Morgan fingerprint density at radius 3 is 2.95 bits per heavy atom. The normalized spacial score (nSPS) is 18.4. The Hall–Kier alpha value is -1.29. The maximum atomic E-state index is 6.15. The summed E-state index contributed by atoms with van der Waals surface area (Å²) in [6.07, 6.45) is 1.05. The second-order valence-electron chi connectivity index (χ2n) is 5.29. The predicted molar refractivity (Wildman–Crippen MR) is 85.9 cm³/mol. The first kappa shape index (κ1) is 12.5. The van der Waals surface area contributed by atoms with Crippen molar-refractivity contribution in [3.8, 4) is 0 Å². The molecule has 0 aliphatic carbocycles. The molecule has 1 unspecified atom stereocenters. The average Bonchev–Trinajstić information content (AvgIpc) is 3.02. The van der Waals surface area contributed by atoms with E-state index >= 15 is 0 Å². The smallest absolute Gasteiger partial charge is 0.0826 e. The number of hydrogen-bond donors (Lipinski definition) is 2. The Kier molecular flexibility index (Phi) is 2.88. The molecule has 0 radical (unpaired) electrons. The molecule has 102 valence electrons. The summed E-state index contributed by atoms with van der Waals surface area (Å²) in [5, 5.41) is 5.70. The zero-order chi connectivity index (χ0) is 13.7. The summed E-state index contributed by atoms with van der Waals surface area (Å²) in [6, 6.07) is 10.8. The van der Waals surface area contributed by atoms with Crippen LogP contribution < -0.4 is 5.32 Å². The maximum Gasteiger partial charge on any atom is 0.0826 e. The number of H-pyrrole nitrogens is 1. The van der Waals surface area contributed by atoms with E-state index in [1.165, 1.54) is 31.9 Å². The van der Waals surface area contributed by atoms with Crippen LogP contribution in [0.3, 0.4) is 0 Å². The van der Waals surface area contributed by atoms with E-state index in [9.17, 15) is 0 Å². The Morgan fingerprint density at radius 1 is 1.25 bits per heavy atom. The van der Waals surface area contributed by atoms with Gasteiger partial charge in [-0.1, -0.05) is 11.6 Å². The highest BCUT2D eigenvalue weighted by molar-refractivity contribution is 7.12. The van der Waals surface area contributed by atoms with E-state index in [4.69, 9.17) is 11.6 Å². The molecule has 0 fully saturated rings. The number of nitrogens with one attached hydrogen (secondary N) is 2.